The second kappa shape index (κ2) is 9.97. The van der Waals surface area contributed by atoms with Gasteiger partial charge in [0.15, 0.2) is 5.78 Å². The molecule has 1 aliphatic rings. The van der Waals surface area contributed by atoms with Gasteiger partial charge >= 0.3 is 5.97 Å². The van der Waals surface area contributed by atoms with Crippen molar-refractivity contribution in [2.24, 2.45) is 0 Å². The van der Waals surface area contributed by atoms with Crippen molar-refractivity contribution >= 4 is 23.5 Å². The zero-order valence-electron chi connectivity index (χ0n) is 17.1. The van der Waals surface area contributed by atoms with Crippen LogP contribution in [0.25, 0.3) is 0 Å². The van der Waals surface area contributed by atoms with Gasteiger partial charge in [0.1, 0.15) is 5.75 Å². The molecule has 1 atom stereocenters. The van der Waals surface area contributed by atoms with Crippen molar-refractivity contribution in [1.29, 1.82) is 0 Å². The molecule has 3 rings (SSSR count). The van der Waals surface area contributed by atoms with E-state index in [0.717, 1.165) is 34.8 Å². The van der Waals surface area contributed by atoms with Crippen molar-refractivity contribution in [3.8, 4) is 5.75 Å². The number of aryl methyl sites for hydroxylation is 1. The van der Waals surface area contributed by atoms with Crippen LogP contribution in [-0.2, 0) is 11.2 Å². The molecule has 2 aromatic carbocycles. The van der Waals surface area contributed by atoms with Gasteiger partial charge in [0.2, 0.25) is 0 Å². The van der Waals surface area contributed by atoms with E-state index in [0.29, 0.717) is 23.3 Å². The van der Waals surface area contributed by atoms with Gasteiger partial charge in [-0.1, -0.05) is 32.3 Å². The number of rotatable bonds is 10. The number of carbonyl (C=O) groups is 2. The standard InChI is InChI=1S/C24H28O4S/c1-3-4-5-6-12-28-20-9-7-17(8-10-20)22(25)21-15-19(16(2)24(26)27)14-18-11-13-29-23(18)21/h7-10,14-16H,3-6,11-13H2,1-2H3,(H,26,27). The lowest BCUT2D eigenvalue weighted by molar-refractivity contribution is -0.138. The number of aliphatic carboxylic acids is 1. The Bertz CT molecular complexity index is 873. The Morgan fingerprint density at radius 2 is 1.90 bits per heavy atom. The summed E-state index contributed by atoms with van der Waals surface area (Å²) in [5.74, 6) is 0.108. The van der Waals surface area contributed by atoms with E-state index in [2.05, 4.69) is 6.92 Å². The monoisotopic (exact) mass is 412 g/mol. The minimum atomic E-state index is -0.880. The van der Waals surface area contributed by atoms with E-state index < -0.39 is 11.9 Å². The fraction of sp³-hybridized carbons (Fsp3) is 0.417. The van der Waals surface area contributed by atoms with Crippen molar-refractivity contribution in [1.82, 2.24) is 0 Å². The number of thioether (sulfide) groups is 1. The van der Waals surface area contributed by atoms with E-state index in [1.54, 1.807) is 36.9 Å². The molecule has 2 aromatic rings. The summed E-state index contributed by atoms with van der Waals surface area (Å²) in [5.41, 5.74) is 2.98. The lowest BCUT2D eigenvalue weighted by atomic mass is 9.92. The molecule has 1 unspecified atom stereocenters. The first-order valence-electron chi connectivity index (χ1n) is 10.3. The number of benzene rings is 2. The maximum atomic E-state index is 13.2. The minimum absolute atomic E-state index is 0.0652. The topological polar surface area (TPSA) is 63.6 Å². The Labute approximate surface area is 176 Å². The first kappa shape index (κ1) is 21.4. The SMILES string of the molecule is CCCCCCOc1ccc(C(=O)c2cc(C(C)C(=O)O)cc3c2SCC3)cc1. The van der Waals surface area contributed by atoms with Crippen molar-refractivity contribution < 1.29 is 19.4 Å². The highest BCUT2D eigenvalue weighted by atomic mass is 32.2. The van der Waals surface area contributed by atoms with Gasteiger partial charge in [0.05, 0.1) is 12.5 Å². The molecule has 4 nitrogen and oxygen atoms in total. The van der Waals surface area contributed by atoms with Crippen LogP contribution in [0.3, 0.4) is 0 Å². The zero-order valence-corrected chi connectivity index (χ0v) is 17.9. The van der Waals surface area contributed by atoms with E-state index in [-0.39, 0.29) is 5.78 Å². The number of ether oxygens (including phenoxy) is 1. The summed E-state index contributed by atoms with van der Waals surface area (Å²) in [6, 6.07) is 11.0. The molecule has 29 heavy (non-hydrogen) atoms. The molecule has 1 aliphatic heterocycles. The van der Waals surface area contributed by atoms with Gasteiger partial charge in [-0.25, -0.2) is 0 Å². The van der Waals surface area contributed by atoms with E-state index in [1.807, 2.05) is 18.2 Å². The van der Waals surface area contributed by atoms with Crippen molar-refractivity contribution in [2.75, 3.05) is 12.4 Å². The summed E-state index contributed by atoms with van der Waals surface area (Å²) in [7, 11) is 0. The molecule has 5 heteroatoms. The summed E-state index contributed by atoms with van der Waals surface area (Å²) >= 11 is 1.67. The number of hydrogen-bond donors (Lipinski definition) is 1. The number of ketones is 1. The lowest BCUT2D eigenvalue weighted by Crippen LogP contribution is -2.11. The van der Waals surface area contributed by atoms with Crippen molar-refractivity contribution in [3.05, 3.63) is 58.7 Å². The molecule has 0 fully saturated rings. The summed E-state index contributed by atoms with van der Waals surface area (Å²) in [5, 5.41) is 9.38. The third kappa shape index (κ3) is 5.21. The van der Waals surface area contributed by atoms with Gasteiger partial charge in [0.25, 0.3) is 0 Å². The van der Waals surface area contributed by atoms with Gasteiger partial charge < -0.3 is 9.84 Å². The Morgan fingerprint density at radius 1 is 1.14 bits per heavy atom. The van der Waals surface area contributed by atoms with Crippen LogP contribution >= 0.6 is 11.8 Å². The summed E-state index contributed by atoms with van der Waals surface area (Å²) < 4.78 is 5.76. The van der Waals surface area contributed by atoms with Gasteiger partial charge in [0, 0.05) is 21.8 Å². The maximum absolute atomic E-state index is 13.2. The smallest absolute Gasteiger partial charge is 0.310 e. The largest absolute Gasteiger partial charge is 0.494 e. The number of hydrogen-bond acceptors (Lipinski definition) is 4. The van der Waals surface area contributed by atoms with Gasteiger partial charge in [-0.2, -0.15) is 0 Å². The summed E-state index contributed by atoms with van der Waals surface area (Å²) in [6.07, 6.45) is 5.49. The van der Waals surface area contributed by atoms with Gasteiger partial charge in [-0.05, 0) is 61.2 Å². The van der Waals surface area contributed by atoms with Crippen molar-refractivity contribution in [3.63, 3.8) is 0 Å². The predicted molar refractivity (Wildman–Crippen MR) is 116 cm³/mol. The highest BCUT2D eigenvalue weighted by molar-refractivity contribution is 7.99. The Kier molecular flexibility index (Phi) is 7.37. The van der Waals surface area contributed by atoms with Crippen LogP contribution in [0.5, 0.6) is 5.75 Å². The first-order valence-corrected chi connectivity index (χ1v) is 11.3. The molecule has 154 valence electrons. The van der Waals surface area contributed by atoms with E-state index >= 15 is 0 Å². The molecule has 0 saturated heterocycles. The fourth-order valence-corrected chi connectivity index (χ4v) is 4.65. The van der Waals surface area contributed by atoms with E-state index in [9.17, 15) is 14.7 Å². The molecule has 1 N–H and O–H groups in total. The van der Waals surface area contributed by atoms with Gasteiger partial charge in [-0.15, -0.1) is 11.8 Å². The highest BCUT2D eigenvalue weighted by Gasteiger charge is 2.25. The van der Waals surface area contributed by atoms with Crippen LogP contribution in [0.2, 0.25) is 0 Å². The number of carbonyl (C=O) groups excluding carboxylic acids is 1. The Morgan fingerprint density at radius 3 is 2.59 bits per heavy atom. The average Bonchev–Trinajstić information content (AvgIpc) is 3.21. The predicted octanol–water partition coefficient (Wildman–Crippen LogP) is 5.71. The second-order valence-electron chi connectivity index (χ2n) is 7.48. The number of fused-ring (bicyclic) bond motifs is 1. The molecule has 0 amide bonds. The molecular weight excluding hydrogens is 384 g/mol. The average molecular weight is 413 g/mol. The van der Waals surface area contributed by atoms with Crippen LogP contribution in [0.4, 0.5) is 0 Å². The van der Waals surface area contributed by atoms with E-state index in [4.69, 9.17) is 4.74 Å². The lowest BCUT2D eigenvalue weighted by Gasteiger charge is -2.14. The summed E-state index contributed by atoms with van der Waals surface area (Å²) in [6.45, 7) is 4.53. The highest BCUT2D eigenvalue weighted by Crippen LogP contribution is 2.38. The van der Waals surface area contributed by atoms with E-state index in [1.165, 1.54) is 19.3 Å². The van der Waals surface area contributed by atoms with Crippen molar-refractivity contribution in [2.45, 2.75) is 56.8 Å². The van der Waals surface area contributed by atoms with Gasteiger partial charge in [-0.3, -0.25) is 9.59 Å². The number of unbranched alkanes of at least 4 members (excludes halogenated alkanes) is 3. The van der Waals surface area contributed by atoms with Crippen LogP contribution in [0.15, 0.2) is 41.3 Å². The Balaban J connectivity index is 1.77. The number of carboxylic acid groups (broad SMARTS) is 1. The zero-order chi connectivity index (χ0) is 20.8. The minimum Gasteiger partial charge on any atom is -0.494 e. The number of carboxylic acids is 1. The first-order chi connectivity index (χ1) is 14.0. The summed E-state index contributed by atoms with van der Waals surface area (Å²) in [4.78, 5) is 25.6. The quantitative estimate of drug-likeness (QED) is 0.400. The Hall–Kier alpha value is -2.27. The third-order valence-electron chi connectivity index (χ3n) is 5.30. The normalized spacial score (nSPS) is 13.7. The van der Waals surface area contributed by atoms with Crippen LogP contribution in [0.1, 0.15) is 72.5 Å². The molecule has 0 aliphatic carbocycles. The third-order valence-corrected chi connectivity index (χ3v) is 6.48. The second-order valence-corrected chi connectivity index (χ2v) is 8.58. The molecule has 0 radical (unpaired) electrons. The molecule has 0 aromatic heterocycles. The van der Waals surface area contributed by atoms with Crippen LogP contribution in [-0.4, -0.2) is 29.2 Å². The maximum Gasteiger partial charge on any atom is 0.310 e. The molecule has 0 bridgehead atoms. The fourth-order valence-electron chi connectivity index (χ4n) is 3.47. The molecule has 0 spiro atoms. The molecular formula is C24H28O4S. The molecule has 1 heterocycles. The van der Waals surface area contributed by atoms with Crippen LogP contribution < -0.4 is 4.74 Å². The van der Waals surface area contributed by atoms with Crippen LogP contribution in [0, 0.1) is 0 Å². The molecule has 0 saturated carbocycles.